The minimum Gasteiger partial charge on any atom is -0.467 e. The van der Waals surface area contributed by atoms with Crippen LogP contribution in [0.5, 0.6) is 0 Å². The van der Waals surface area contributed by atoms with Crippen LogP contribution in [0.4, 0.5) is 0 Å². The Balaban J connectivity index is 1.32. The monoisotopic (exact) mass is 742 g/mol. The summed E-state index contributed by atoms with van der Waals surface area (Å²) in [4.78, 5) is 13.5. The van der Waals surface area contributed by atoms with Gasteiger partial charge in [-0.05, 0) is 62.0 Å². The fourth-order valence-electron chi connectivity index (χ4n) is 6.35. The van der Waals surface area contributed by atoms with Gasteiger partial charge in [-0.15, -0.1) is 0 Å². The summed E-state index contributed by atoms with van der Waals surface area (Å²) in [6.07, 6.45) is -5.38. The van der Waals surface area contributed by atoms with E-state index < -0.39 is 70.4 Å². The fourth-order valence-corrected chi connectivity index (χ4v) is 7.80. The zero-order valence-electron chi connectivity index (χ0n) is 30.8. The van der Waals surface area contributed by atoms with Gasteiger partial charge in [-0.2, -0.15) is 0 Å². The molecule has 6 rings (SSSR count). The standard InChI is InChI=1S/C41H47BO10S/c1-40(2)41(3,4)52-42(51-40)32-21-23-33(24-22-32)53(44,45)28-34-35(47-25-29-15-9-6-10-16-29)36(48-26-30-17-11-7-12-18-30)37(38(50-34)39(43)46-5)49-27-31-19-13-8-14-20-31/h6-24,34-38H,25-28H2,1-5H3/t34-,35?,36?,37-,38?/m0/s1. The second-order valence-electron chi connectivity index (χ2n) is 14.3. The van der Waals surface area contributed by atoms with E-state index in [1.165, 1.54) is 19.2 Å². The van der Waals surface area contributed by atoms with Crippen LogP contribution in [-0.4, -0.2) is 76.1 Å². The first-order chi connectivity index (χ1) is 25.4. The van der Waals surface area contributed by atoms with Gasteiger partial charge < -0.3 is 33.0 Å². The molecule has 0 bridgehead atoms. The van der Waals surface area contributed by atoms with Crippen LogP contribution in [0.3, 0.4) is 0 Å². The summed E-state index contributed by atoms with van der Waals surface area (Å²) < 4.78 is 71.9. The van der Waals surface area contributed by atoms with Crippen molar-refractivity contribution in [2.45, 2.75) is 94.1 Å². The van der Waals surface area contributed by atoms with Gasteiger partial charge in [0.1, 0.15) is 24.4 Å². The lowest BCUT2D eigenvalue weighted by Gasteiger charge is -2.45. The summed E-state index contributed by atoms with van der Waals surface area (Å²) >= 11 is 0. The van der Waals surface area contributed by atoms with Crippen LogP contribution in [0.1, 0.15) is 44.4 Å². The second kappa shape index (κ2) is 16.6. The Kier molecular flexibility index (Phi) is 12.2. The smallest absolute Gasteiger partial charge is 0.467 e. The van der Waals surface area contributed by atoms with Gasteiger partial charge in [-0.1, -0.05) is 103 Å². The van der Waals surface area contributed by atoms with Gasteiger partial charge in [0.15, 0.2) is 15.9 Å². The van der Waals surface area contributed by atoms with Crippen molar-refractivity contribution in [2.24, 2.45) is 0 Å². The molecule has 4 aromatic rings. The van der Waals surface area contributed by atoms with Crippen LogP contribution in [0, 0.1) is 0 Å². The molecule has 53 heavy (non-hydrogen) atoms. The van der Waals surface area contributed by atoms with E-state index in [-0.39, 0.29) is 24.7 Å². The summed E-state index contributed by atoms with van der Waals surface area (Å²) in [5.41, 5.74) is 2.21. The number of sulfone groups is 1. The average Bonchev–Trinajstić information content (AvgIpc) is 3.39. The third kappa shape index (κ3) is 9.26. The summed E-state index contributed by atoms with van der Waals surface area (Å²) in [6.45, 7) is 8.26. The number of carbonyl (C=O) groups excluding carboxylic acids is 1. The topological polar surface area (TPSA) is 116 Å². The summed E-state index contributed by atoms with van der Waals surface area (Å²) in [5, 5.41) is 0. The highest BCUT2D eigenvalue weighted by molar-refractivity contribution is 7.91. The number of hydrogen-bond donors (Lipinski definition) is 0. The van der Waals surface area contributed by atoms with Gasteiger partial charge in [0.05, 0.1) is 48.8 Å². The van der Waals surface area contributed by atoms with E-state index in [0.29, 0.717) is 5.46 Å². The predicted molar refractivity (Wildman–Crippen MR) is 200 cm³/mol. The Morgan fingerprint density at radius 1 is 0.642 bits per heavy atom. The maximum atomic E-state index is 14.2. The molecule has 5 atom stereocenters. The minimum absolute atomic E-state index is 0.0713. The Hall–Kier alpha value is -3.88. The minimum atomic E-state index is -4.02. The maximum Gasteiger partial charge on any atom is 0.494 e. The van der Waals surface area contributed by atoms with Crippen molar-refractivity contribution in [3.8, 4) is 0 Å². The molecule has 2 saturated heterocycles. The molecule has 2 aliphatic heterocycles. The van der Waals surface area contributed by atoms with E-state index in [9.17, 15) is 13.2 Å². The van der Waals surface area contributed by atoms with Gasteiger partial charge in [-0.25, -0.2) is 13.2 Å². The Bertz CT molecular complexity index is 1870. The highest BCUT2D eigenvalue weighted by Gasteiger charge is 2.53. The van der Waals surface area contributed by atoms with E-state index >= 15 is 0 Å². The number of ether oxygens (including phenoxy) is 5. The SMILES string of the molecule is COC(=O)C1O[C@@H](CS(=O)(=O)c2ccc(B3OC(C)(C)C(C)(C)O3)cc2)C(OCc2ccccc2)C(OCc2ccccc2)[C@@H]1OCc1ccccc1. The molecule has 0 aromatic heterocycles. The number of hydrogen-bond acceptors (Lipinski definition) is 10. The maximum absolute atomic E-state index is 14.2. The largest absolute Gasteiger partial charge is 0.494 e. The van der Waals surface area contributed by atoms with Crippen LogP contribution in [-0.2, 0) is 67.4 Å². The third-order valence-corrected chi connectivity index (χ3v) is 11.8. The molecular formula is C41H47BO10S. The van der Waals surface area contributed by atoms with Crippen molar-refractivity contribution < 1.29 is 46.2 Å². The van der Waals surface area contributed by atoms with Gasteiger partial charge >= 0.3 is 13.1 Å². The summed E-state index contributed by atoms with van der Waals surface area (Å²) in [7, 11) is -3.41. The van der Waals surface area contributed by atoms with E-state index in [2.05, 4.69) is 0 Å². The van der Waals surface area contributed by atoms with Crippen LogP contribution >= 0.6 is 0 Å². The molecule has 0 spiro atoms. The van der Waals surface area contributed by atoms with E-state index in [4.69, 9.17) is 33.0 Å². The molecule has 0 saturated carbocycles. The Labute approximate surface area is 312 Å². The highest BCUT2D eigenvalue weighted by atomic mass is 32.2. The molecule has 3 unspecified atom stereocenters. The van der Waals surface area contributed by atoms with Crippen molar-refractivity contribution in [1.29, 1.82) is 0 Å². The molecule has 0 aliphatic carbocycles. The molecule has 12 heteroatoms. The molecule has 2 aliphatic rings. The molecule has 10 nitrogen and oxygen atoms in total. The summed E-state index contributed by atoms with van der Waals surface area (Å²) in [5.74, 6) is -1.22. The van der Waals surface area contributed by atoms with Crippen LogP contribution < -0.4 is 5.46 Å². The number of benzene rings is 4. The Morgan fingerprint density at radius 3 is 1.53 bits per heavy atom. The first kappa shape index (κ1) is 38.8. The first-order valence-corrected chi connectivity index (χ1v) is 19.4. The Morgan fingerprint density at radius 2 is 1.08 bits per heavy atom. The fraction of sp³-hybridized carbons (Fsp3) is 0.390. The van der Waals surface area contributed by atoms with Gasteiger partial charge in [-0.3, -0.25) is 0 Å². The van der Waals surface area contributed by atoms with Crippen LogP contribution in [0.2, 0.25) is 0 Å². The van der Waals surface area contributed by atoms with Crippen molar-refractivity contribution in [3.63, 3.8) is 0 Å². The molecule has 0 radical (unpaired) electrons. The third-order valence-electron chi connectivity index (χ3n) is 10.1. The lowest BCUT2D eigenvalue weighted by atomic mass is 9.79. The highest BCUT2D eigenvalue weighted by Crippen LogP contribution is 2.37. The number of methoxy groups -OCH3 is 1. The van der Waals surface area contributed by atoms with Gasteiger partial charge in [0, 0.05) is 0 Å². The van der Waals surface area contributed by atoms with Crippen molar-refractivity contribution >= 4 is 28.4 Å². The predicted octanol–water partition coefficient (Wildman–Crippen LogP) is 5.46. The number of esters is 1. The van der Waals surface area contributed by atoms with E-state index in [0.717, 1.165) is 16.7 Å². The first-order valence-electron chi connectivity index (χ1n) is 17.7. The van der Waals surface area contributed by atoms with E-state index in [1.807, 2.05) is 119 Å². The lowest BCUT2D eigenvalue weighted by Crippen LogP contribution is -2.63. The van der Waals surface area contributed by atoms with Crippen molar-refractivity contribution in [1.82, 2.24) is 0 Å². The quantitative estimate of drug-likeness (QED) is 0.122. The molecule has 0 amide bonds. The number of rotatable bonds is 14. The van der Waals surface area contributed by atoms with Crippen LogP contribution in [0.15, 0.2) is 120 Å². The molecule has 0 N–H and O–H groups in total. The van der Waals surface area contributed by atoms with Crippen molar-refractivity contribution in [3.05, 3.63) is 132 Å². The second-order valence-corrected chi connectivity index (χ2v) is 16.4. The van der Waals surface area contributed by atoms with Crippen LogP contribution in [0.25, 0.3) is 0 Å². The molecule has 2 fully saturated rings. The molecule has 4 aromatic carbocycles. The normalized spacial score (nSPS) is 23.8. The number of carbonyl (C=O) groups is 1. The van der Waals surface area contributed by atoms with Gasteiger partial charge in [0.2, 0.25) is 0 Å². The lowest BCUT2D eigenvalue weighted by molar-refractivity contribution is -0.261. The zero-order chi connectivity index (χ0) is 37.6. The zero-order valence-corrected chi connectivity index (χ0v) is 31.6. The molecular weight excluding hydrogens is 695 g/mol. The molecule has 280 valence electrons. The van der Waals surface area contributed by atoms with Gasteiger partial charge in [0.25, 0.3) is 0 Å². The average molecular weight is 743 g/mol. The molecule has 2 heterocycles. The van der Waals surface area contributed by atoms with Crippen molar-refractivity contribution in [2.75, 3.05) is 12.9 Å². The summed E-state index contributed by atoms with van der Waals surface area (Å²) in [6, 6.07) is 35.0. The van der Waals surface area contributed by atoms with E-state index in [1.54, 1.807) is 12.1 Å².